The Balaban J connectivity index is 0.00000361. The minimum Gasteiger partial charge on any atom is -0.545 e. The van der Waals surface area contributed by atoms with Gasteiger partial charge in [-0.25, -0.2) is 14.5 Å². The van der Waals surface area contributed by atoms with Crippen LogP contribution in [0.4, 0.5) is 9.59 Å². The predicted octanol–water partition coefficient (Wildman–Crippen LogP) is -5.16. The molecular weight excluding hydrogens is 503 g/mol. The zero-order valence-electron chi connectivity index (χ0n) is 19.8. The van der Waals surface area contributed by atoms with Crippen LogP contribution in [-0.4, -0.2) is 81.0 Å². The van der Waals surface area contributed by atoms with E-state index in [4.69, 9.17) is 0 Å². The van der Waals surface area contributed by atoms with Crippen molar-refractivity contribution in [1.82, 2.24) is 31.1 Å². The number of β-lactam (4-membered cyclic amide) rings is 1. The van der Waals surface area contributed by atoms with Crippen molar-refractivity contribution in [2.24, 2.45) is 0 Å². The molecule has 0 aromatic heterocycles. The quantitative estimate of drug-likeness (QED) is 0.155. The van der Waals surface area contributed by atoms with E-state index in [0.717, 1.165) is 21.6 Å². The van der Waals surface area contributed by atoms with Gasteiger partial charge in [0.05, 0.1) is 10.7 Å². The van der Waals surface area contributed by atoms with Crippen LogP contribution in [0, 0.1) is 0 Å². The first-order valence-electron chi connectivity index (χ1n) is 10.7. The number of carbonyl (C=O) groups excluding carboxylic acids is 6. The molecule has 36 heavy (non-hydrogen) atoms. The second-order valence-corrected chi connectivity index (χ2v) is 10.4. The molecular formula is C21H23N6NaO7S. The first kappa shape index (κ1) is 27.8. The normalized spacial score (nSPS) is 26.5. The summed E-state index contributed by atoms with van der Waals surface area (Å²) in [6.07, 6.45) is 0.190. The molecule has 4 N–H and O–H groups in total. The largest absolute Gasteiger partial charge is 1.00 e. The van der Waals surface area contributed by atoms with E-state index in [-0.39, 0.29) is 49.1 Å². The molecule has 4 rings (SSSR count). The minimum absolute atomic E-state index is 0. The van der Waals surface area contributed by atoms with Crippen molar-refractivity contribution in [2.75, 3.05) is 13.1 Å². The van der Waals surface area contributed by atoms with E-state index in [9.17, 15) is 33.9 Å². The Kier molecular flexibility index (Phi) is 7.93. The Labute approximate surface area is 232 Å². The summed E-state index contributed by atoms with van der Waals surface area (Å²) in [6.45, 7) is 3.50. The summed E-state index contributed by atoms with van der Waals surface area (Å²) >= 11 is 1.09. The molecule has 0 bridgehead atoms. The smallest absolute Gasteiger partial charge is 0.545 e. The van der Waals surface area contributed by atoms with Gasteiger partial charge in [-0.15, -0.1) is 11.8 Å². The summed E-state index contributed by atoms with van der Waals surface area (Å²) in [7, 11) is 0. The van der Waals surface area contributed by atoms with Gasteiger partial charge in [0.2, 0.25) is 12.3 Å². The van der Waals surface area contributed by atoms with Crippen molar-refractivity contribution in [2.45, 2.75) is 41.7 Å². The maximum atomic E-state index is 13.3. The molecule has 13 nitrogen and oxygen atoms in total. The number of urea groups is 2. The summed E-state index contributed by atoms with van der Waals surface area (Å²) in [5, 5.41) is 21.1. The van der Waals surface area contributed by atoms with Crippen LogP contribution < -0.4 is 55.9 Å². The molecule has 3 aliphatic rings. The molecule has 1 unspecified atom stereocenters. The van der Waals surface area contributed by atoms with E-state index < -0.39 is 57.7 Å². The maximum Gasteiger partial charge on any atom is 1.00 e. The first-order chi connectivity index (χ1) is 16.5. The number of thioether (sulfide) groups is 1. The van der Waals surface area contributed by atoms with E-state index in [1.54, 1.807) is 44.2 Å². The number of hydrogen-bond donors (Lipinski definition) is 4. The molecule has 7 amide bonds. The molecule has 0 spiro atoms. The van der Waals surface area contributed by atoms with Crippen LogP contribution >= 0.6 is 11.8 Å². The number of amides is 7. The summed E-state index contributed by atoms with van der Waals surface area (Å²) in [5.74, 6) is -3.10. The molecule has 1 aromatic carbocycles. The van der Waals surface area contributed by atoms with Gasteiger partial charge in [-0.05, 0) is 19.4 Å². The standard InChI is InChI=1S/C21H24N6O7S.Na/c1-20(2)21(17(31)32,23-10-28)27-15(30)13(16(27)35-20)24-14(29)12(11-6-4-3-5-7-11)25-19(34)26-9-8-22-18(26)33;/h3-7,10,12-13,16H,8-9H2,1-2H3,(H,22,33)(H,23,28)(H,24,29)(H,25,34)(H,31,32);/q;+1/p-1/t12?,13-,16+,21-;/m0./s1. The molecule has 3 heterocycles. The van der Waals surface area contributed by atoms with Gasteiger partial charge >= 0.3 is 41.6 Å². The third-order valence-corrected chi connectivity index (χ3v) is 7.93. The Hall–Kier alpha value is -2.81. The number of imide groups is 1. The van der Waals surface area contributed by atoms with E-state index >= 15 is 0 Å². The number of nitrogens with zero attached hydrogens (tertiary/aromatic N) is 2. The molecule has 3 saturated heterocycles. The fourth-order valence-corrected chi connectivity index (χ4v) is 6.23. The zero-order valence-corrected chi connectivity index (χ0v) is 22.6. The summed E-state index contributed by atoms with van der Waals surface area (Å²) in [6, 6.07) is 4.52. The van der Waals surface area contributed by atoms with Gasteiger partial charge in [0.25, 0.3) is 5.91 Å². The van der Waals surface area contributed by atoms with Gasteiger partial charge in [-0.3, -0.25) is 19.3 Å². The Morgan fingerprint density at radius 2 is 1.89 bits per heavy atom. The SMILES string of the molecule is CC1(C)S[C@@H]2[C@@H](NC(=O)C(NC(=O)N3CCNC3=O)c3ccccc3)C(=O)N2[C@@]1(NC=O)C(=O)[O-].[Na+]. The number of aliphatic carboxylic acids is 1. The second-order valence-electron chi connectivity index (χ2n) is 8.65. The predicted molar refractivity (Wildman–Crippen MR) is 119 cm³/mol. The van der Waals surface area contributed by atoms with Gasteiger partial charge < -0.3 is 31.2 Å². The number of hydrogen-bond acceptors (Lipinski definition) is 8. The van der Waals surface area contributed by atoms with Crippen LogP contribution in [0.5, 0.6) is 0 Å². The van der Waals surface area contributed by atoms with Crippen molar-refractivity contribution >= 4 is 48.0 Å². The van der Waals surface area contributed by atoms with E-state index in [2.05, 4.69) is 21.3 Å². The van der Waals surface area contributed by atoms with Crippen LogP contribution in [0.3, 0.4) is 0 Å². The van der Waals surface area contributed by atoms with E-state index in [1.807, 2.05) is 0 Å². The number of fused-ring (bicyclic) bond motifs is 1. The van der Waals surface area contributed by atoms with E-state index in [0.29, 0.717) is 5.56 Å². The number of nitrogens with one attached hydrogen (secondary N) is 4. The molecule has 0 radical (unpaired) electrons. The minimum atomic E-state index is -2.10. The summed E-state index contributed by atoms with van der Waals surface area (Å²) in [4.78, 5) is 75.9. The Bertz CT molecular complexity index is 1110. The number of carbonyl (C=O) groups is 6. The molecule has 0 saturated carbocycles. The van der Waals surface area contributed by atoms with Crippen molar-refractivity contribution in [3.8, 4) is 0 Å². The molecule has 4 atom stereocenters. The molecule has 1 aromatic rings. The zero-order chi connectivity index (χ0) is 25.5. The maximum absolute atomic E-state index is 13.3. The van der Waals surface area contributed by atoms with Gasteiger partial charge in [-0.2, -0.15) is 0 Å². The second kappa shape index (κ2) is 10.3. The topological polar surface area (TPSA) is 180 Å². The fraction of sp³-hybridized carbons (Fsp3) is 0.429. The molecule has 15 heteroatoms. The summed E-state index contributed by atoms with van der Waals surface area (Å²) < 4.78 is -1.18. The van der Waals surface area contributed by atoms with Gasteiger partial charge in [0.1, 0.15) is 17.5 Å². The van der Waals surface area contributed by atoms with Gasteiger partial charge in [0, 0.05) is 13.1 Å². The van der Waals surface area contributed by atoms with Crippen LogP contribution in [0.2, 0.25) is 0 Å². The molecule has 186 valence electrons. The molecule has 3 aliphatic heterocycles. The first-order valence-corrected chi connectivity index (χ1v) is 11.6. The third-order valence-electron chi connectivity index (χ3n) is 6.32. The van der Waals surface area contributed by atoms with Crippen molar-refractivity contribution < 1.29 is 63.4 Å². The van der Waals surface area contributed by atoms with Crippen molar-refractivity contribution in [3.05, 3.63) is 35.9 Å². The van der Waals surface area contributed by atoms with Crippen LogP contribution in [-0.2, 0) is 19.2 Å². The Morgan fingerprint density at radius 3 is 2.44 bits per heavy atom. The van der Waals surface area contributed by atoms with Crippen LogP contribution in [0.15, 0.2) is 30.3 Å². The number of benzene rings is 1. The van der Waals surface area contributed by atoms with Crippen LogP contribution in [0.1, 0.15) is 25.5 Å². The van der Waals surface area contributed by atoms with Gasteiger partial charge in [-0.1, -0.05) is 30.3 Å². The van der Waals surface area contributed by atoms with Crippen molar-refractivity contribution in [1.29, 1.82) is 0 Å². The van der Waals surface area contributed by atoms with Crippen molar-refractivity contribution in [3.63, 3.8) is 0 Å². The average molecular weight is 527 g/mol. The van der Waals surface area contributed by atoms with Gasteiger partial charge in [0.15, 0.2) is 5.66 Å². The molecule has 0 aliphatic carbocycles. The van der Waals surface area contributed by atoms with Crippen LogP contribution in [0.25, 0.3) is 0 Å². The number of rotatable bonds is 7. The fourth-order valence-electron chi connectivity index (χ4n) is 4.53. The number of carboxylic acid groups (broad SMARTS) is 1. The molecule has 3 fully saturated rings. The third kappa shape index (κ3) is 4.31. The monoisotopic (exact) mass is 526 g/mol. The summed E-state index contributed by atoms with van der Waals surface area (Å²) in [5.41, 5.74) is -1.69. The van der Waals surface area contributed by atoms with E-state index in [1.165, 1.54) is 0 Å². The number of carboxylic acids is 1. The average Bonchev–Trinajstić information content (AvgIpc) is 3.34. The Morgan fingerprint density at radius 1 is 1.22 bits per heavy atom.